The standard InChI is InChI=1S/C25H25N7O5/c26-17-20(23(33)18-6-7-21(22(16-18)32(34)35)29-8-12-36-13-9-29)24-27-28-25(30-10-14-37-15-11-30)31(24)19-4-2-1-3-5-19/h1-7,16,33H,8-15H2/b23-20-. The summed E-state index contributed by atoms with van der Waals surface area (Å²) >= 11 is 0. The summed E-state index contributed by atoms with van der Waals surface area (Å²) < 4.78 is 12.5. The van der Waals surface area contributed by atoms with E-state index in [0.717, 1.165) is 0 Å². The Labute approximate surface area is 212 Å². The molecule has 12 heteroatoms. The van der Waals surface area contributed by atoms with Crippen LogP contribution in [-0.2, 0) is 9.47 Å². The van der Waals surface area contributed by atoms with Gasteiger partial charge in [-0.25, -0.2) is 0 Å². The number of ether oxygens (including phenoxy) is 2. The van der Waals surface area contributed by atoms with Gasteiger partial charge in [0.1, 0.15) is 23.1 Å². The van der Waals surface area contributed by atoms with Crippen LogP contribution in [0.15, 0.2) is 48.5 Å². The minimum Gasteiger partial charge on any atom is -0.506 e. The SMILES string of the molecule is N#C/C(=C(/O)c1ccc(N2CCOCC2)c([N+](=O)[O-])c1)c1nnc(N2CCOCC2)n1-c1ccccc1. The van der Waals surface area contributed by atoms with E-state index in [1.54, 1.807) is 16.7 Å². The molecule has 0 radical (unpaired) electrons. The van der Waals surface area contributed by atoms with Crippen LogP contribution in [0.1, 0.15) is 11.4 Å². The molecule has 1 aromatic heterocycles. The number of nitro groups is 1. The molecule has 3 aromatic rings. The minimum absolute atomic E-state index is 0.132. The Morgan fingerprint density at radius 1 is 0.973 bits per heavy atom. The van der Waals surface area contributed by atoms with E-state index in [4.69, 9.17) is 9.47 Å². The van der Waals surface area contributed by atoms with Crippen LogP contribution >= 0.6 is 0 Å². The van der Waals surface area contributed by atoms with Crippen molar-refractivity contribution in [3.05, 3.63) is 70.0 Å². The molecule has 190 valence electrons. The van der Waals surface area contributed by atoms with Gasteiger partial charge in [-0.1, -0.05) is 18.2 Å². The fraction of sp³-hybridized carbons (Fsp3) is 0.320. The summed E-state index contributed by atoms with van der Waals surface area (Å²) in [6.45, 7) is 4.25. The lowest BCUT2D eigenvalue weighted by Crippen LogP contribution is -2.38. The first-order valence-corrected chi connectivity index (χ1v) is 11.9. The van der Waals surface area contributed by atoms with Gasteiger partial charge in [0.2, 0.25) is 5.95 Å². The van der Waals surface area contributed by atoms with Crippen LogP contribution in [0.2, 0.25) is 0 Å². The number of nitrogens with zero attached hydrogens (tertiary/aromatic N) is 7. The molecule has 0 atom stereocenters. The Balaban J connectivity index is 1.61. The van der Waals surface area contributed by atoms with Gasteiger partial charge in [-0.05, 0) is 24.3 Å². The van der Waals surface area contributed by atoms with Crippen molar-refractivity contribution in [2.75, 3.05) is 62.4 Å². The third-order valence-corrected chi connectivity index (χ3v) is 6.32. The van der Waals surface area contributed by atoms with Gasteiger partial charge in [-0.2, -0.15) is 5.26 Å². The van der Waals surface area contributed by atoms with Gasteiger partial charge in [0.25, 0.3) is 5.69 Å². The van der Waals surface area contributed by atoms with Crippen molar-refractivity contribution in [3.8, 4) is 11.8 Å². The summed E-state index contributed by atoms with van der Waals surface area (Å²) in [6.07, 6.45) is 0. The van der Waals surface area contributed by atoms with Crippen molar-refractivity contribution in [3.63, 3.8) is 0 Å². The van der Waals surface area contributed by atoms with E-state index in [1.807, 2.05) is 46.2 Å². The molecule has 12 nitrogen and oxygen atoms in total. The fourth-order valence-corrected chi connectivity index (χ4v) is 4.46. The number of hydrogen-bond donors (Lipinski definition) is 1. The number of nitriles is 1. The van der Waals surface area contributed by atoms with Gasteiger partial charge >= 0.3 is 0 Å². The first kappa shape index (κ1) is 24.2. The van der Waals surface area contributed by atoms with Gasteiger partial charge in [-0.3, -0.25) is 14.7 Å². The predicted octanol–water partition coefficient (Wildman–Crippen LogP) is 2.80. The zero-order chi connectivity index (χ0) is 25.8. The fourth-order valence-electron chi connectivity index (χ4n) is 4.46. The summed E-state index contributed by atoms with van der Waals surface area (Å²) in [5, 5.41) is 41.8. The number of benzene rings is 2. The molecule has 3 heterocycles. The molecule has 2 saturated heterocycles. The third kappa shape index (κ3) is 4.82. The maximum atomic E-state index is 11.9. The van der Waals surface area contributed by atoms with Crippen molar-refractivity contribution in [2.45, 2.75) is 0 Å². The maximum absolute atomic E-state index is 11.9. The molecule has 0 spiro atoms. The Morgan fingerprint density at radius 2 is 1.62 bits per heavy atom. The van der Waals surface area contributed by atoms with E-state index in [1.165, 1.54) is 6.07 Å². The van der Waals surface area contributed by atoms with E-state index in [-0.39, 0.29) is 22.6 Å². The lowest BCUT2D eigenvalue weighted by atomic mass is 10.1. The van der Waals surface area contributed by atoms with Crippen LogP contribution in [-0.4, -0.2) is 77.4 Å². The smallest absolute Gasteiger partial charge is 0.293 e. The van der Waals surface area contributed by atoms with E-state index < -0.39 is 10.7 Å². The number of nitro benzene ring substituents is 1. The average Bonchev–Trinajstić information content (AvgIpc) is 3.39. The molecule has 2 fully saturated rings. The highest BCUT2D eigenvalue weighted by Crippen LogP contribution is 2.34. The van der Waals surface area contributed by atoms with Crippen LogP contribution in [0, 0.1) is 21.4 Å². The average molecular weight is 504 g/mol. The number of aliphatic hydroxyl groups excluding tert-OH is 1. The van der Waals surface area contributed by atoms with Crippen molar-refractivity contribution < 1.29 is 19.5 Å². The number of allylic oxidation sites excluding steroid dienone is 1. The number of hydrogen-bond acceptors (Lipinski definition) is 10. The number of rotatable bonds is 6. The highest BCUT2D eigenvalue weighted by molar-refractivity contribution is 5.93. The Bertz CT molecular complexity index is 1350. The van der Waals surface area contributed by atoms with Gasteiger partial charge < -0.3 is 24.4 Å². The van der Waals surface area contributed by atoms with Gasteiger partial charge in [-0.15, -0.1) is 10.2 Å². The zero-order valence-electron chi connectivity index (χ0n) is 20.0. The van der Waals surface area contributed by atoms with E-state index in [2.05, 4.69) is 10.2 Å². The Kier molecular flexibility index (Phi) is 6.98. The predicted molar refractivity (Wildman–Crippen MR) is 136 cm³/mol. The van der Waals surface area contributed by atoms with E-state index >= 15 is 0 Å². The molecule has 2 aliphatic heterocycles. The molecule has 2 aromatic carbocycles. The minimum atomic E-state index is -0.489. The molecule has 37 heavy (non-hydrogen) atoms. The topological polar surface area (TPSA) is 143 Å². The summed E-state index contributed by atoms with van der Waals surface area (Å²) in [6, 6.07) is 15.8. The van der Waals surface area contributed by atoms with Crippen LogP contribution < -0.4 is 9.80 Å². The normalized spacial score (nSPS) is 16.7. The Hall–Kier alpha value is -4.47. The molecule has 0 amide bonds. The molecule has 5 rings (SSSR count). The highest BCUT2D eigenvalue weighted by Gasteiger charge is 2.27. The van der Waals surface area contributed by atoms with Crippen LogP contribution in [0.5, 0.6) is 0 Å². The molecule has 0 saturated carbocycles. The molecule has 0 unspecified atom stereocenters. The lowest BCUT2D eigenvalue weighted by molar-refractivity contribution is -0.384. The molecular weight excluding hydrogens is 478 g/mol. The van der Waals surface area contributed by atoms with Crippen molar-refractivity contribution in [2.24, 2.45) is 0 Å². The first-order valence-electron chi connectivity index (χ1n) is 11.9. The number of anilines is 2. The van der Waals surface area contributed by atoms with Crippen molar-refractivity contribution in [1.29, 1.82) is 5.26 Å². The second-order valence-corrected chi connectivity index (χ2v) is 8.49. The summed E-state index contributed by atoms with van der Waals surface area (Å²) in [4.78, 5) is 15.3. The second-order valence-electron chi connectivity index (χ2n) is 8.49. The number of aromatic nitrogens is 3. The Morgan fingerprint density at radius 3 is 2.24 bits per heavy atom. The summed E-state index contributed by atoms with van der Waals surface area (Å²) in [7, 11) is 0. The molecule has 2 aliphatic rings. The van der Waals surface area contributed by atoms with Gasteiger partial charge in [0.15, 0.2) is 5.82 Å². The number of para-hydroxylation sites is 1. The van der Waals surface area contributed by atoms with Crippen LogP contribution in [0.25, 0.3) is 17.0 Å². The van der Waals surface area contributed by atoms with Gasteiger partial charge in [0, 0.05) is 37.8 Å². The first-order chi connectivity index (χ1) is 18.1. The van der Waals surface area contributed by atoms with E-state index in [0.29, 0.717) is 69.9 Å². The monoisotopic (exact) mass is 503 g/mol. The molecule has 0 aliphatic carbocycles. The third-order valence-electron chi connectivity index (χ3n) is 6.32. The van der Waals surface area contributed by atoms with Crippen molar-refractivity contribution >= 4 is 28.7 Å². The number of morpholine rings is 2. The van der Waals surface area contributed by atoms with Crippen molar-refractivity contribution in [1.82, 2.24) is 14.8 Å². The summed E-state index contributed by atoms with van der Waals surface area (Å²) in [5.74, 6) is 0.225. The number of aliphatic hydroxyl groups is 1. The van der Waals surface area contributed by atoms with Gasteiger partial charge in [0.05, 0.1) is 37.0 Å². The van der Waals surface area contributed by atoms with E-state index in [9.17, 15) is 20.5 Å². The lowest BCUT2D eigenvalue weighted by Gasteiger charge is -2.28. The molecule has 1 N–H and O–H groups in total. The van der Waals surface area contributed by atoms with Crippen LogP contribution in [0.4, 0.5) is 17.3 Å². The largest absolute Gasteiger partial charge is 0.506 e. The zero-order valence-corrected chi connectivity index (χ0v) is 20.0. The summed E-state index contributed by atoms with van der Waals surface area (Å²) in [5.41, 5.74) is 0.963. The molecule has 0 bridgehead atoms. The molecular formula is C25H25N7O5. The maximum Gasteiger partial charge on any atom is 0.293 e. The highest BCUT2D eigenvalue weighted by atomic mass is 16.6. The van der Waals surface area contributed by atoms with Crippen LogP contribution in [0.3, 0.4) is 0 Å². The second kappa shape index (κ2) is 10.7. The quantitative estimate of drug-likeness (QED) is 0.231.